The predicted molar refractivity (Wildman–Crippen MR) is 93.6 cm³/mol. The van der Waals surface area contributed by atoms with E-state index in [4.69, 9.17) is 10.5 Å². The number of primary amides is 1. The van der Waals surface area contributed by atoms with Crippen LogP contribution in [0.5, 0.6) is 0 Å². The van der Waals surface area contributed by atoms with Crippen molar-refractivity contribution in [3.63, 3.8) is 0 Å². The molecule has 2 aliphatic rings. The van der Waals surface area contributed by atoms with Crippen LogP contribution in [0.2, 0.25) is 0 Å². The van der Waals surface area contributed by atoms with Crippen LogP contribution in [0.15, 0.2) is 0 Å². The minimum absolute atomic E-state index is 0.0608. The van der Waals surface area contributed by atoms with Gasteiger partial charge < -0.3 is 20.7 Å². The summed E-state index contributed by atoms with van der Waals surface area (Å²) in [4.78, 5) is 38.8. The Morgan fingerprint density at radius 3 is 2.24 bits per heavy atom. The van der Waals surface area contributed by atoms with Crippen LogP contribution in [0.4, 0.5) is 4.79 Å². The predicted octanol–water partition coefficient (Wildman–Crippen LogP) is 1.93. The Hall–Kier alpha value is -1.79. The van der Waals surface area contributed by atoms with Gasteiger partial charge in [0.1, 0.15) is 17.7 Å². The molecule has 1 aliphatic carbocycles. The summed E-state index contributed by atoms with van der Waals surface area (Å²) in [6.45, 7) is 7.26. The molecule has 1 saturated carbocycles. The van der Waals surface area contributed by atoms with Gasteiger partial charge >= 0.3 is 6.09 Å². The van der Waals surface area contributed by atoms with Crippen molar-refractivity contribution in [1.29, 1.82) is 0 Å². The molecule has 0 radical (unpaired) electrons. The van der Waals surface area contributed by atoms with E-state index in [-0.39, 0.29) is 17.9 Å². The minimum Gasteiger partial charge on any atom is -0.444 e. The zero-order valence-corrected chi connectivity index (χ0v) is 15.7. The summed E-state index contributed by atoms with van der Waals surface area (Å²) in [6.07, 6.45) is 4.57. The first kappa shape index (κ1) is 19.5. The SMILES string of the molecule is C[C@H]1CC[C@@H](C(N)=O)N1C(=O)[C@@H](NC(=O)OC(C)(C)C)C1CCCC1. The van der Waals surface area contributed by atoms with Crippen LogP contribution in [-0.4, -0.2) is 46.5 Å². The van der Waals surface area contributed by atoms with Crippen LogP contribution in [0.25, 0.3) is 0 Å². The average molecular weight is 353 g/mol. The Balaban J connectivity index is 2.18. The van der Waals surface area contributed by atoms with Gasteiger partial charge in [-0.15, -0.1) is 0 Å². The van der Waals surface area contributed by atoms with Crippen LogP contribution < -0.4 is 11.1 Å². The molecule has 1 saturated heterocycles. The Kier molecular flexibility index (Phi) is 5.95. The molecule has 0 aromatic heterocycles. The number of amides is 3. The molecule has 7 heteroatoms. The second-order valence-electron chi connectivity index (χ2n) is 8.26. The van der Waals surface area contributed by atoms with Gasteiger partial charge in [-0.05, 0) is 59.3 Å². The lowest BCUT2D eigenvalue weighted by Crippen LogP contribution is -2.57. The van der Waals surface area contributed by atoms with E-state index < -0.39 is 29.7 Å². The van der Waals surface area contributed by atoms with Gasteiger partial charge in [-0.3, -0.25) is 9.59 Å². The number of nitrogens with two attached hydrogens (primary N) is 1. The van der Waals surface area contributed by atoms with Crippen molar-refractivity contribution >= 4 is 17.9 Å². The number of alkyl carbamates (subject to hydrolysis) is 1. The fourth-order valence-electron chi connectivity index (χ4n) is 3.90. The maximum Gasteiger partial charge on any atom is 0.408 e. The Morgan fingerprint density at radius 2 is 1.72 bits per heavy atom. The molecule has 25 heavy (non-hydrogen) atoms. The van der Waals surface area contributed by atoms with E-state index in [2.05, 4.69) is 5.32 Å². The lowest BCUT2D eigenvalue weighted by Gasteiger charge is -2.33. The number of nitrogens with zero attached hydrogens (tertiary/aromatic N) is 1. The molecule has 3 amide bonds. The van der Waals surface area contributed by atoms with Gasteiger partial charge in [-0.25, -0.2) is 4.79 Å². The van der Waals surface area contributed by atoms with E-state index in [9.17, 15) is 14.4 Å². The summed E-state index contributed by atoms with van der Waals surface area (Å²) >= 11 is 0. The Labute approximate surface area is 149 Å². The van der Waals surface area contributed by atoms with Crippen molar-refractivity contribution in [2.45, 2.75) is 89.9 Å². The van der Waals surface area contributed by atoms with Crippen molar-refractivity contribution in [3.05, 3.63) is 0 Å². The summed E-state index contributed by atoms with van der Waals surface area (Å²) in [5, 5.41) is 2.77. The number of carbonyl (C=O) groups is 3. The lowest BCUT2D eigenvalue weighted by molar-refractivity contribution is -0.141. The summed E-state index contributed by atoms with van der Waals surface area (Å²) in [7, 11) is 0. The quantitative estimate of drug-likeness (QED) is 0.806. The number of rotatable bonds is 4. The second-order valence-corrected chi connectivity index (χ2v) is 8.26. The third-order valence-electron chi connectivity index (χ3n) is 5.06. The molecular weight excluding hydrogens is 322 g/mol. The molecule has 142 valence electrons. The van der Waals surface area contributed by atoms with Crippen LogP contribution in [0.1, 0.15) is 66.2 Å². The summed E-state index contributed by atoms with van der Waals surface area (Å²) in [5.74, 6) is -0.631. The number of likely N-dealkylation sites (tertiary alicyclic amines) is 1. The van der Waals surface area contributed by atoms with Gasteiger partial charge in [-0.1, -0.05) is 12.8 Å². The average Bonchev–Trinajstić information content (AvgIpc) is 3.11. The van der Waals surface area contributed by atoms with Gasteiger partial charge in [0.2, 0.25) is 11.8 Å². The highest BCUT2D eigenvalue weighted by Crippen LogP contribution is 2.32. The summed E-state index contributed by atoms with van der Waals surface area (Å²) in [5.41, 5.74) is 4.85. The normalized spacial score (nSPS) is 25.7. The summed E-state index contributed by atoms with van der Waals surface area (Å²) < 4.78 is 5.33. The number of hydrogen-bond donors (Lipinski definition) is 2. The topological polar surface area (TPSA) is 102 Å². The zero-order chi connectivity index (χ0) is 18.8. The zero-order valence-electron chi connectivity index (χ0n) is 15.7. The van der Waals surface area contributed by atoms with Crippen LogP contribution in [-0.2, 0) is 14.3 Å². The molecule has 2 rings (SSSR count). The largest absolute Gasteiger partial charge is 0.444 e. The van der Waals surface area contributed by atoms with Crippen LogP contribution in [0.3, 0.4) is 0 Å². The molecular formula is C18H31N3O4. The van der Waals surface area contributed by atoms with Gasteiger partial charge in [0, 0.05) is 6.04 Å². The number of nitrogens with one attached hydrogen (secondary N) is 1. The Bertz CT molecular complexity index is 523. The van der Waals surface area contributed by atoms with Gasteiger partial charge in [0.25, 0.3) is 0 Å². The van der Waals surface area contributed by atoms with Gasteiger partial charge in [0.05, 0.1) is 0 Å². The maximum absolute atomic E-state index is 13.2. The lowest BCUT2D eigenvalue weighted by atomic mass is 9.96. The third-order valence-corrected chi connectivity index (χ3v) is 5.06. The number of hydrogen-bond acceptors (Lipinski definition) is 4. The van der Waals surface area contributed by atoms with E-state index in [1.165, 1.54) is 0 Å². The van der Waals surface area contributed by atoms with E-state index in [1.807, 2.05) is 6.92 Å². The highest BCUT2D eigenvalue weighted by Gasteiger charge is 2.43. The molecule has 3 atom stereocenters. The molecule has 0 spiro atoms. The van der Waals surface area contributed by atoms with Crippen LogP contribution in [0, 0.1) is 5.92 Å². The minimum atomic E-state index is -0.667. The molecule has 0 aromatic rings. The molecule has 0 unspecified atom stereocenters. The number of ether oxygens (including phenoxy) is 1. The van der Waals surface area contributed by atoms with Gasteiger partial charge in [-0.2, -0.15) is 0 Å². The fraction of sp³-hybridized carbons (Fsp3) is 0.833. The van der Waals surface area contributed by atoms with Crippen molar-refractivity contribution in [2.75, 3.05) is 0 Å². The molecule has 7 nitrogen and oxygen atoms in total. The molecule has 2 fully saturated rings. The second kappa shape index (κ2) is 7.62. The van der Waals surface area contributed by atoms with Crippen LogP contribution >= 0.6 is 0 Å². The molecule has 3 N–H and O–H groups in total. The summed E-state index contributed by atoms with van der Waals surface area (Å²) in [6, 6.07) is -1.32. The van der Waals surface area contributed by atoms with Crippen molar-refractivity contribution < 1.29 is 19.1 Å². The van der Waals surface area contributed by atoms with Crippen molar-refractivity contribution in [3.8, 4) is 0 Å². The molecule has 0 bridgehead atoms. The smallest absolute Gasteiger partial charge is 0.408 e. The monoisotopic (exact) mass is 353 g/mol. The van der Waals surface area contributed by atoms with Gasteiger partial charge in [0.15, 0.2) is 0 Å². The molecule has 1 aliphatic heterocycles. The standard InChI is InChI=1S/C18H31N3O4/c1-11-9-10-13(15(19)22)21(11)16(23)14(12-7-5-6-8-12)20-17(24)25-18(2,3)4/h11-14H,5-10H2,1-4H3,(H2,19,22)(H,20,24)/t11-,13-,14-/m0/s1. The van der Waals surface area contributed by atoms with E-state index in [0.717, 1.165) is 32.1 Å². The van der Waals surface area contributed by atoms with E-state index >= 15 is 0 Å². The Morgan fingerprint density at radius 1 is 1.12 bits per heavy atom. The highest BCUT2D eigenvalue weighted by molar-refractivity contribution is 5.91. The van der Waals surface area contributed by atoms with Crippen molar-refractivity contribution in [1.82, 2.24) is 10.2 Å². The first-order valence-corrected chi connectivity index (χ1v) is 9.21. The molecule has 1 heterocycles. The molecule has 0 aromatic carbocycles. The third kappa shape index (κ3) is 4.86. The highest BCUT2D eigenvalue weighted by atomic mass is 16.6. The number of carbonyl (C=O) groups excluding carboxylic acids is 3. The van der Waals surface area contributed by atoms with Crippen molar-refractivity contribution in [2.24, 2.45) is 11.7 Å². The maximum atomic E-state index is 13.2. The first-order chi connectivity index (χ1) is 11.6. The first-order valence-electron chi connectivity index (χ1n) is 9.21. The fourth-order valence-corrected chi connectivity index (χ4v) is 3.90. The van der Waals surface area contributed by atoms with E-state index in [1.54, 1.807) is 25.7 Å². The van der Waals surface area contributed by atoms with E-state index in [0.29, 0.717) is 6.42 Å².